The van der Waals surface area contributed by atoms with Gasteiger partial charge in [0.15, 0.2) is 0 Å². The molecule has 0 radical (unpaired) electrons. The molecule has 0 spiro atoms. The van der Waals surface area contributed by atoms with Gasteiger partial charge in [-0.2, -0.15) is 13.2 Å². The lowest BCUT2D eigenvalue weighted by atomic mass is 9.78. The Bertz CT molecular complexity index is 687. The molecule has 3 rings (SSSR count). The van der Waals surface area contributed by atoms with Crippen LogP contribution in [0.3, 0.4) is 0 Å². The summed E-state index contributed by atoms with van der Waals surface area (Å²) in [4.78, 5) is 2.36. The van der Waals surface area contributed by atoms with Gasteiger partial charge in [0.2, 0.25) is 0 Å². The molecule has 2 heterocycles. The lowest BCUT2D eigenvalue weighted by Gasteiger charge is -2.28. The molecule has 0 unspecified atom stereocenters. The first-order valence-corrected chi connectivity index (χ1v) is 10.1. The van der Waals surface area contributed by atoms with Crippen molar-refractivity contribution in [3.8, 4) is 0 Å². The van der Waals surface area contributed by atoms with Gasteiger partial charge in [0.25, 0.3) is 0 Å². The van der Waals surface area contributed by atoms with E-state index in [1.165, 1.54) is 18.6 Å². The molecule has 28 heavy (non-hydrogen) atoms. The summed E-state index contributed by atoms with van der Waals surface area (Å²) in [6, 6.07) is 5.64. The van der Waals surface area contributed by atoms with E-state index in [2.05, 4.69) is 36.0 Å². The van der Waals surface area contributed by atoms with Crippen molar-refractivity contribution in [3.05, 3.63) is 60.3 Å². The van der Waals surface area contributed by atoms with E-state index < -0.39 is 11.7 Å². The van der Waals surface area contributed by atoms with Crippen LogP contribution in [-0.4, -0.2) is 31.1 Å². The first-order chi connectivity index (χ1) is 13.2. The molecule has 0 amide bonds. The molecule has 5 heteroatoms. The van der Waals surface area contributed by atoms with Gasteiger partial charge < -0.3 is 10.2 Å². The molecule has 0 aliphatic carbocycles. The third-order valence-corrected chi connectivity index (χ3v) is 6.29. The molecule has 2 saturated heterocycles. The highest BCUT2D eigenvalue weighted by Gasteiger charge is 2.37. The Morgan fingerprint density at radius 2 is 1.93 bits per heavy atom. The first kappa shape index (κ1) is 21.0. The molecule has 0 bridgehead atoms. The third kappa shape index (κ3) is 5.19. The van der Waals surface area contributed by atoms with Gasteiger partial charge in [-0.15, -0.1) is 6.58 Å². The van der Waals surface area contributed by atoms with E-state index in [-0.39, 0.29) is 5.41 Å². The van der Waals surface area contributed by atoms with Crippen molar-refractivity contribution in [1.29, 1.82) is 0 Å². The fourth-order valence-corrected chi connectivity index (χ4v) is 4.56. The summed E-state index contributed by atoms with van der Waals surface area (Å²) in [5.74, 6) is 0. The van der Waals surface area contributed by atoms with Crippen LogP contribution >= 0.6 is 0 Å². The van der Waals surface area contributed by atoms with Crippen molar-refractivity contribution in [3.63, 3.8) is 0 Å². The molecule has 0 saturated carbocycles. The van der Waals surface area contributed by atoms with Gasteiger partial charge in [0, 0.05) is 19.6 Å². The van der Waals surface area contributed by atoms with Crippen LogP contribution in [0.2, 0.25) is 0 Å². The number of hydrogen-bond donors (Lipinski definition) is 1. The quantitative estimate of drug-likeness (QED) is 0.624. The Kier molecular flexibility index (Phi) is 6.23. The monoisotopic (exact) mass is 392 g/mol. The minimum atomic E-state index is -4.28. The van der Waals surface area contributed by atoms with E-state index in [1.54, 1.807) is 12.1 Å². The molecule has 2 aliphatic rings. The molecule has 0 aromatic heterocycles. The van der Waals surface area contributed by atoms with Gasteiger partial charge in [-0.1, -0.05) is 31.2 Å². The van der Waals surface area contributed by atoms with Crippen LogP contribution in [0.4, 0.5) is 13.2 Å². The molecular formula is C23H31F3N2. The Hall–Kier alpha value is -1.75. The van der Waals surface area contributed by atoms with E-state index in [4.69, 9.17) is 0 Å². The maximum atomic E-state index is 12.8. The molecule has 1 N–H and O–H groups in total. The molecule has 2 aliphatic heterocycles. The minimum absolute atomic E-state index is 0.0463. The zero-order chi connectivity index (χ0) is 20.3. The van der Waals surface area contributed by atoms with Crippen molar-refractivity contribution < 1.29 is 13.2 Å². The summed E-state index contributed by atoms with van der Waals surface area (Å²) in [5.41, 5.74) is 0.782. The molecule has 2 atom stereocenters. The predicted molar refractivity (Wildman–Crippen MR) is 108 cm³/mol. The summed E-state index contributed by atoms with van der Waals surface area (Å²) in [5, 5.41) is 3.43. The van der Waals surface area contributed by atoms with Crippen LogP contribution in [0.15, 0.2) is 49.2 Å². The van der Waals surface area contributed by atoms with Crippen LogP contribution < -0.4 is 5.32 Å². The number of likely N-dealkylation sites (tertiary alicyclic amines) is 1. The Morgan fingerprint density at radius 3 is 2.54 bits per heavy atom. The first-order valence-electron chi connectivity index (χ1n) is 10.1. The lowest BCUT2D eigenvalue weighted by Crippen LogP contribution is -2.27. The second-order valence-electron chi connectivity index (χ2n) is 8.91. The number of alkyl halides is 3. The Balaban J connectivity index is 1.62. The van der Waals surface area contributed by atoms with Gasteiger partial charge in [0.05, 0.1) is 5.56 Å². The van der Waals surface area contributed by atoms with E-state index >= 15 is 0 Å². The number of hydrogen-bond acceptors (Lipinski definition) is 2. The van der Waals surface area contributed by atoms with Crippen molar-refractivity contribution in [2.24, 2.45) is 10.8 Å². The zero-order valence-electron chi connectivity index (χ0n) is 16.7. The van der Waals surface area contributed by atoms with Crippen molar-refractivity contribution in [2.45, 2.75) is 45.2 Å². The van der Waals surface area contributed by atoms with Crippen LogP contribution in [0.1, 0.15) is 43.7 Å². The van der Waals surface area contributed by atoms with Crippen LogP contribution in [0.25, 0.3) is 0 Å². The summed E-state index contributed by atoms with van der Waals surface area (Å²) in [6.45, 7) is 10.3. The highest BCUT2D eigenvalue weighted by atomic mass is 19.4. The maximum Gasteiger partial charge on any atom is 0.416 e. The predicted octanol–water partition coefficient (Wildman–Crippen LogP) is 5.42. The Labute approximate surface area is 166 Å². The molecule has 2 nitrogen and oxygen atoms in total. The largest absolute Gasteiger partial charge is 0.416 e. The minimum Gasteiger partial charge on any atom is -0.377 e. The summed E-state index contributed by atoms with van der Waals surface area (Å²) in [7, 11) is 0. The van der Waals surface area contributed by atoms with Crippen molar-refractivity contribution in [2.75, 3.05) is 26.2 Å². The number of allylic oxidation sites excluding steroid dienone is 2. The van der Waals surface area contributed by atoms with Crippen LogP contribution in [-0.2, 0) is 12.6 Å². The maximum absolute atomic E-state index is 12.8. The Morgan fingerprint density at radius 1 is 1.18 bits per heavy atom. The third-order valence-electron chi connectivity index (χ3n) is 6.29. The average Bonchev–Trinajstić information content (AvgIpc) is 3.22. The highest BCUT2D eigenvalue weighted by molar-refractivity contribution is 5.26. The van der Waals surface area contributed by atoms with Crippen LogP contribution in [0, 0.1) is 10.8 Å². The number of nitrogens with zero attached hydrogens (tertiary/aromatic N) is 1. The zero-order valence-corrected chi connectivity index (χ0v) is 16.7. The highest BCUT2D eigenvalue weighted by Crippen LogP contribution is 2.39. The molecule has 1 aromatic rings. The number of halogens is 3. The van der Waals surface area contributed by atoms with Crippen LogP contribution in [0.5, 0.6) is 0 Å². The smallest absolute Gasteiger partial charge is 0.377 e. The summed E-state index contributed by atoms with van der Waals surface area (Å²) < 4.78 is 38.4. The SMILES string of the molecule is C=CC[C@]1(Cc2ccc(C(F)(F)F)cc2)CCN(/C=C/C[C@]2(C)CCNC2)C1. The second kappa shape index (κ2) is 8.32. The number of benzene rings is 1. The van der Waals surface area contributed by atoms with Gasteiger partial charge in [-0.05, 0) is 73.4 Å². The second-order valence-corrected chi connectivity index (χ2v) is 8.91. The van der Waals surface area contributed by atoms with Gasteiger partial charge >= 0.3 is 6.18 Å². The van der Waals surface area contributed by atoms with Gasteiger partial charge in [0.1, 0.15) is 0 Å². The van der Waals surface area contributed by atoms with E-state index in [1.807, 2.05) is 6.08 Å². The van der Waals surface area contributed by atoms with E-state index in [0.29, 0.717) is 5.41 Å². The van der Waals surface area contributed by atoms with Crippen molar-refractivity contribution >= 4 is 0 Å². The van der Waals surface area contributed by atoms with E-state index in [0.717, 1.165) is 57.4 Å². The molecule has 1 aromatic carbocycles. The topological polar surface area (TPSA) is 15.3 Å². The van der Waals surface area contributed by atoms with Gasteiger partial charge in [-0.25, -0.2) is 0 Å². The van der Waals surface area contributed by atoms with E-state index in [9.17, 15) is 13.2 Å². The fourth-order valence-electron chi connectivity index (χ4n) is 4.56. The average molecular weight is 393 g/mol. The standard InChI is InChI=1S/C23H31F3N2/c1-3-9-22(16-19-5-7-20(8-6-19)23(24,25)26)12-15-28(18-22)14-4-10-21(2)11-13-27-17-21/h3-8,14,27H,1,9-13,15-18H2,2H3/b14-4+/t21-,22-/m1/s1. The number of nitrogens with one attached hydrogen (secondary N) is 1. The number of rotatable bonds is 7. The molecule has 154 valence electrons. The normalized spacial score (nSPS) is 28.4. The molecular weight excluding hydrogens is 361 g/mol. The van der Waals surface area contributed by atoms with Crippen molar-refractivity contribution in [1.82, 2.24) is 10.2 Å². The van der Waals surface area contributed by atoms with Gasteiger partial charge in [-0.3, -0.25) is 0 Å². The molecule has 2 fully saturated rings. The lowest BCUT2D eigenvalue weighted by molar-refractivity contribution is -0.137. The fraction of sp³-hybridized carbons (Fsp3) is 0.565. The summed E-state index contributed by atoms with van der Waals surface area (Å²) >= 11 is 0. The summed E-state index contributed by atoms with van der Waals surface area (Å²) in [6.07, 6.45) is 7.15.